The Bertz CT molecular complexity index is 889. The minimum atomic E-state index is -0.365. The highest BCUT2D eigenvalue weighted by atomic mass is 19.1. The lowest BCUT2D eigenvalue weighted by Gasteiger charge is -2.07. The highest BCUT2D eigenvalue weighted by Crippen LogP contribution is 2.22. The van der Waals surface area contributed by atoms with Crippen molar-refractivity contribution in [3.05, 3.63) is 70.1 Å². The van der Waals surface area contributed by atoms with Crippen LogP contribution in [0.4, 0.5) is 4.39 Å². The van der Waals surface area contributed by atoms with Crippen molar-refractivity contribution in [2.75, 3.05) is 0 Å². The maximum absolute atomic E-state index is 13.0. The second kappa shape index (κ2) is 4.63. The molecule has 3 aromatic rings. The molecule has 1 aromatic heterocycles. The molecule has 0 aliphatic rings. The number of para-hydroxylation sites is 1. The summed E-state index contributed by atoms with van der Waals surface area (Å²) in [6.45, 7) is 0. The first kappa shape index (κ1) is 12.1. The van der Waals surface area contributed by atoms with E-state index in [2.05, 4.69) is 4.98 Å². The fourth-order valence-corrected chi connectivity index (χ4v) is 2.18. The van der Waals surface area contributed by atoms with Gasteiger partial charge in [-0.1, -0.05) is 12.1 Å². The predicted molar refractivity (Wildman–Crippen MR) is 74.7 cm³/mol. The molecule has 3 rings (SSSR count). The topological polar surface area (TPSA) is 56.6 Å². The predicted octanol–water partition coefficient (Wildman–Crippen LogP) is 3.21. The summed E-state index contributed by atoms with van der Waals surface area (Å²) in [5, 5.41) is 9.70. The monoisotopic (exact) mass is 264 g/mol. The molecule has 0 bridgehead atoms. The zero-order valence-corrected chi connectivity index (χ0v) is 10.4. The average Bonchev–Trinajstić information content (AvgIpc) is 2.48. The maximum atomic E-state index is 13.0. The van der Waals surface area contributed by atoms with Crippen molar-refractivity contribution in [1.82, 2.24) is 4.98 Å². The quantitative estimate of drug-likeness (QED) is 0.733. The Labute approximate surface area is 113 Å². The van der Waals surface area contributed by atoms with Crippen LogP contribution in [0.2, 0.25) is 0 Å². The second-order valence-corrected chi connectivity index (χ2v) is 4.37. The number of pyridine rings is 1. The molecule has 4 heteroatoms. The van der Waals surface area contributed by atoms with Crippen LogP contribution in [0.15, 0.2) is 53.3 Å². The van der Waals surface area contributed by atoms with Crippen molar-refractivity contribution in [2.24, 2.45) is 0 Å². The van der Waals surface area contributed by atoms with Crippen LogP contribution in [0.5, 0.6) is 0 Å². The van der Waals surface area contributed by atoms with E-state index in [1.54, 1.807) is 24.3 Å². The first-order chi connectivity index (χ1) is 9.70. The standard InChI is InChI=1S/C16H9FN2O/c17-11-7-5-10(6-8-11)15-13(9-18)16(20)12-3-1-2-4-14(12)19-15/h1-8H,(H,19,20). The minimum Gasteiger partial charge on any atom is -0.353 e. The summed E-state index contributed by atoms with van der Waals surface area (Å²) in [5.41, 5.74) is 1.38. The highest BCUT2D eigenvalue weighted by molar-refractivity contribution is 5.84. The Hall–Kier alpha value is -2.93. The fourth-order valence-electron chi connectivity index (χ4n) is 2.18. The molecule has 0 radical (unpaired) electrons. The lowest BCUT2D eigenvalue weighted by molar-refractivity contribution is 0.628. The zero-order chi connectivity index (χ0) is 14.1. The molecule has 0 atom stereocenters. The third-order valence-electron chi connectivity index (χ3n) is 3.15. The third-order valence-corrected chi connectivity index (χ3v) is 3.15. The van der Waals surface area contributed by atoms with Gasteiger partial charge in [0.15, 0.2) is 0 Å². The van der Waals surface area contributed by atoms with E-state index in [9.17, 15) is 14.4 Å². The smallest absolute Gasteiger partial charge is 0.207 e. The van der Waals surface area contributed by atoms with Crippen molar-refractivity contribution >= 4 is 10.9 Å². The van der Waals surface area contributed by atoms with E-state index in [-0.39, 0.29) is 16.8 Å². The van der Waals surface area contributed by atoms with Crippen LogP contribution < -0.4 is 5.43 Å². The number of halogens is 1. The normalized spacial score (nSPS) is 10.4. The summed E-state index contributed by atoms with van der Waals surface area (Å²) in [6.07, 6.45) is 0. The Kier molecular flexibility index (Phi) is 2.81. The molecule has 0 aliphatic carbocycles. The van der Waals surface area contributed by atoms with Crippen LogP contribution in [0.3, 0.4) is 0 Å². The van der Waals surface area contributed by atoms with Crippen molar-refractivity contribution in [2.45, 2.75) is 0 Å². The van der Waals surface area contributed by atoms with Crippen LogP contribution in [0.25, 0.3) is 22.2 Å². The first-order valence-electron chi connectivity index (χ1n) is 6.02. The van der Waals surface area contributed by atoms with Gasteiger partial charge in [-0.15, -0.1) is 0 Å². The first-order valence-corrected chi connectivity index (χ1v) is 6.02. The molecule has 3 nitrogen and oxygen atoms in total. The van der Waals surface area contributed by atoms with Crippen molar-refractivity contribution in [3.8, 4) is 17.3 Å². The van der Waals surface area contributed by atoms with E-state index in [1.807, 2.05) is 6.07 Å². The minimum absolute atomic E-state index is 0.0373. The van der Waals surface area contributed by atoms with E-state index in [0.29, 0.717) is 22.2 Å². The number of aromatic amines is 1. The number of hydrogen-bond acceptors (Lipinski definition) is 2. The van der Waals surface area contributed by atoms with Gasteiger partial charge < -0.3 is 4.98 Å². The maximum Gasteiger partial charge on any atom is 0.207 e. The summed E-state index contributed by atoms with van der Waals surface area (Å²) >= 11 is 0. The van der Waals surface area contributed by atoms with Gasteiger partial charge in [0.1, 0.15) is 17.4 Å². The van der Waals surface area contributed by atoms with Gasteiger partial charge in [-0.2, -0.15) is 5.26 Å². The van der Waals surface area contributed by atoms with Crippen molar-refractivity contribution in [3.63, 3.8) is 0 Å². The Morgan fingerprint density at radius 3 is 2.45 bits per heavy atom. The summed E-state index contributed by atoms with van der Waals surface area (Å²) in [5.74, 6) is -0.365. The number of fused-ring (bicyclic) bond motifs is 1. The van der Waals surface area contributed by atoms with Crippen molar-refractivity contribution < 1.29 is 4.39 Å². The molecule has 2 aromatic carbocycles. The molecule has 1 heterocycles. The summed E-state index contributed by atoms with van der Waals surface area (Å²) in [6, 6.07) is 14.6. The second-order valence-electron chi connectivity index (χ2n) is 4.37. The lowest BCUT2D eigenvalue weighted by Crippen LogP contribution is -2.10. The number of aromatic nitrogens is 1. The molecule has 0 aliphatic heterocycles. The van der Waals surface area contributed by atoms with Crippen LogP contribution in [0.1, 0.15) is 5.56 Å². The molecule has 0 spiro atoms. The number of nitrogens with one attached hydrogen (secondary N) is 1. The number of nitrogens with zero attached hydrogens (tertiary/aromatic N) is 1. The molecule has 20 heavy (non-hydrogen) atoms. The number of benzene rings is 2. The van der Waals surface area contributed by atoms with E-state index in [0.717, 1.165) is 0 Å². The fraction of sp³-hybridized carbons (Fsp3) is 0. The number of H-pyrrole nitrogens is 1. The molecule has 0 amide bonds. The van der Waals surface area contributed by atoms with Gasteiger partial charge in [0.05, 0.1) is 5.69 Å². The van der Waals surface area contributed by atoms with Crippen LogP contribution in [0, 0.1) is 17.1 Å². The molecule has 0 saturated carbocycles. The number of nitriles is 1. The highest BCUT2D eigenvalue weighted by Gasteiger charge is 2.12. The number of rotatable bonds is 1. The van der Waals surface area contributed by atoms with E-state index in [1.165, 1.54) is 24.3 Å². The third kappa shape index (κ3) is 1.86. The summed E-state index contributed by atoms with van der Waals surface area (Å²) in [4.78, 5) is 15.4. The van der Waals surface area contributed by atoms with Crippen molar-refractivity contribution in [1.29, 1.82) is 5.26 Å². The van der Waals surface area contributed by atoms with Gasteiger partial charge >= 0.3 is 0 Å². The summed E-state index contributed by atoms with van der Waals surface area (Å²) < 4.78 is 13.0. The molecular weight excluding hydrogens is 255 g/mol. The lowest BCUT2D eigenvalue weighted by atomic mass is 10.0. The van der Waals surface area contributed by atoms with Gasteiger partial charge in [0, 0.05) is 10.9 Å². The largest absolute Gasteiger partial charge is 0.353 e. The molecule has 0 unspecified atom stereocenters. The number of hydrogen-bond donors (Lipinski definition) is 1. The summed E-state index contributed by atoms with van der Waals surface area (Å²) in [7, 11) is 0. The van der Waals surface area contributed by atoms with Gasteiger partial charge in [-0.25, -0.2) is 4.39 Å². The SMILES string of the molecule is N#Cc1c(-c2ccc(F)cc2)[nH]c2ccccc2c1=O. The molecule has 0 fully saturated rings. The Balaban J connectivity index is 2.38. The Morgan fingerprint density at radius 2 is 1.75 bits per heavy atom. The van der Waals surface area contributed by atoms with Crippen LogP contribution >= 0.6 is 0 Å². The van der Waals surface area contributed by atoms with E-state index in [4.69, 9.17) is 0 Å². The van der Waals surface area contributed by atoms with Crippen LogP contribution in [-0.4, -0.2) is 4.98 Å². The molecule has 0 saturated heterocycles. The van der Waals surface area contributed by atoms with Gasteiger partial charge in [-0.05, 0) is 42.0 Å². The van der Waals surface area contributed by atoms with E-state index < -0.39 is 0 Å². The van der Waals surface area contributed by atoms with Crippen LogP contribution in [-0.2, 0) is 0 Å². The van der Waals surface area contributed by atoms with Gasteiger partial charge in [-0.3, -0.25) is 4.79 Å². The zero-order valence-electron chi connectivity index (χ0n) is 10.4. The molecular formula is C16H9FN2O. The van der Waals surface area contributed by atoms with Gasteiger partial charge in [0.2, 0.25) is 5.43 Å². The average molecular weight is 264 g/mol. The molecule has 96 valence electrons. The molecule has 1 N–H and O–H groups in total. The Morgan fingerprint density at radius 1 is 1.05 bits per heavy atom. The van der Waals surface area contributed by atoms with Gasteiger partial charge in [0.25, 0.3) is 0 Å². The van der Waals surface area contributed by atoms with E-state index >= 15 is 0 Å².